The van der Waals surface area contributed by atoms with Crippen LogP contribution in [-0.2, 0) is 11.2 Å². The van der Waals surface area contributed by atoms with E-state index in [1.165, 1.54) is 5.56 Å². The Bertz CT molecular complexity index is 1220. The zero-order valence-corrected chi connectivity index (χ0v) is 18.4. The van der Waals surface area contributed by atoms with Gasteiger partial charge in [0.1, 0.15) is 5.82 Å². The lowest BCUT2D eigenvalue weighted by molar-refractivity contribution is -0.115. The highest BCUT2D eigenvalue weighted by Crippen LogP contribution is 2.28. The van der Waals surface area contributed by atoms with Crippen LogP contribution in [-0.4, -0.2) is 30.1 Å². The maximum atomic E-state index is 12.6. The van der Waals surface area contributed by atoms with Crippen LogP contribution in [0.5, 0.6) is 11.5 Å². The molecule has 2 N–H and O–H groups in total. The van der Waals surface area contributed by atoms with Crippen LogP contribution < -0.4 is 14.8 Å². The Kier molecular flexibility index (Phi) is 6.82. The summed E-state index contributed by atoms with van der Waals surface area (Å²) in [5.74, 6) is 1.89. The molecule has 0 unspecified atom stereocenters. The number of H-pyrrole nitrogens is 1. The summed E-state index contributed by atoms with van der Waals surface area (Å²) >= 11 is 0. The number of hydrogen-bond acceptors (Lipinski definition) is 4. The predicted octanol–water partition coefficient (Wildman–Crippen LogP) is 5.16. The van der Waals surface area contributed by atoms with Crippen molar-refractivity contribution in [1.82, 2.24) is 9.97 Å². The number of ether oxygens (including phenoxy) is 2. The van der Waals surface area contributed by atoms with Crippen molar-refractivity contribution in [2.45, 2.75) is 13.3 Å². The number of aromatic amines is 1. The molecule has 4 rings (SSSR count). The summed E-state index contributed by atoms with van der Waals surface area (Å²) in [5, 5.41) is 2.96. The molecule has 0 fully saturated rings. The van der Waals surface area contributed by atoms with Crippen LogP contribution >= 0.6 is 12.4 Å². The molecular weight excluding hydrogens is 414 g/mol. The fourth-order valence-electron chi connectivity index (χ4n) is 3.39. The van der Waals surface area contributed by atoms with E-state index in [1.807, 2.05) is 48.5 Å². The molecule has 1 heterocycles. The van der Waals surface area contributed by atoms with Gasteiger partial charge >= 0.3 is 0 Å². The Labute approximate surface area is 187 Å². The molecule has 0 aliphatic heterocycles. The number of carbonyl (C=O) groups excluding carboxylic acids is 1. The van der Waals surface area contributed by atoms with Crippen molar-refractivity contribution in [3.8, 4) is 22.9 Å². The lowest BCUT2D eigenvalue weighted by Crippen LogP contribution is -2.14. The summed E-state index contributed by atoms with van der Waals surface area (Å²) in [4.78, 5) is 20.6. The Morgan fingerprint density at radius 2 is 1.81 bits per heavy atom. The summed E-state index contributed by atoms with van der Waals surface area (Å²) in [6, 6.07) is 19.2. The standard InChI is InChI=1S/C24H23N3O3.ClH/c1-15-7-9-19-20(11-15)27-24(26-19)17-5-4-6-18(14-17)25-23(28)13-16-8-10-21(29-2)22(12-16)30-3;/h4-12,14H,13H2,1-3H3,(H,25,28)(H,26,27);1H. The number of benzene rings is 3. The lowest BCUT2D eigenvalue weighted by atomic mass is 10.1. The second-order valence-corrected chi connectivity index (χ2v) is 7.10. The van der Waals surface area contributed by atoms with Gasteiger partial charge in [-0.15, -0.1) is 12.4 Å². The molecule has 160 valence electrons. The zero-order chi connectivity index (χ0) is 21.1. The summed E-state index contributed by atoms with van der Waals surface area (Å²) in [5.41, 5.74) is 5.55. The van der Waals surface area contributed by atoms with E-state index in [0.29, 0.717) is 11.5 Å². The third-order valence-corrected chi connectivity index (χ3v) is 4.87. The molecule has 4 aromatic rings. The smallest absolute Gasteiger partial charge is 0.228 e. The minimum absolute atomic E-state index is 0. The van der Waals surface area contributed by atoms with Gasteiger partial charge in [0.2, 0.25) is 5.91 Å². The molecule has 0 radical (unpaired) electrons. The monoisotopic (exact) mass is 437 g/mol. The Morgan fingerprint density at radius 3 is 2.58 bits per heavy atom. The van der Waals surface area contributed by atoms with Gasteiger partial charge in [-0.25, -0.2) is 4.98 Å². The molecule has 6 nitrogen and oxygen atoms in total. The van der Waals surface area contributed by atoms with Crippen molar-refractivity contribution >= 4 is 35.0 Å². The Morgan fingerprint density at radius 1 is 1.00 bits per heavy atom. The molecule has 0 aliphatic carbocycles. The number of fused-ring (bicyclic) bond motifs is 1. The van der Waals surface area contributed by atoms with Gasteiger partial charge in [-0.1, -0.05) is 24.3 Å². The van der Waals surface area contributed by atoms with E-state index in [-0.39, 0.29) is 24.7 Å². The van der Waals surface area contributed by atoms with Crippen LogP contribution in [0, 0.1) is 6.92 Å². The number of amides is 1. The average molecular weight is 438 g/mol. The summed E-state index contributed by atoms with van der Waals surface area (Å²) in [6.07, 6.45) is 0.231. The van der Waals surface area contributed by atoms with Gasteiger partial charge in [0.15, 0.2) is 11.5 Å². The maximum absolute atomic E-state index is 12.6. The van der Waals surface area contributed by atoms with Crippen LogP contribution in [0.4, 0.5) is 5.69 Å². The Hall–Kier alpha value is -3.51. The molecule has 0 saturated carbocycles. The predicted molar refractivity (Wildman–Crippen MR) is 125 cm³/mol. The first-order valence-corrected chi connectivity index (χ1v) is 9.63. The van der Waals surface area contributed by atoms with E-state index >= 15 is 0 Å². The molecule has 0 atom stereocenters. The molecule has 3 aromatic carbocycles. The number of anilines is 1. The van der Waals surface area contributed by atoms with E-state index < -0.39 is 0 Å². The molecule has 7 heteroatoms. The number of hydrogen-bond donors (Lipinski definition) is 2. The second kappa shape index (κ2) is 9.53. The molecule has 0 spiro atoms. The van der Waals surface area contributed by atoms with E-state index in [4.69, 9.17) is 9.47 Å². The van der Waals surface area contributed by atoms with Gasteiger partial charge < -0.3 is 19.8 Å². The summed E-state index contributed by atoms with van der Waals surface area (Å²) in [6.45, 7) is 2.05. The molecule has 1 aromatic heterocycles. The lowest BCUT2D eigenvalue weighted by Gasteiger charge is -2.10. The first kappa shape index (κ1) is 22.2. The molecule has 0 bridgehead atoms. The fraction of sp³-hybridized carbons (Fsp3) is 0.167. The number of aryl methyl sites for hydroxylation is 1. The van der Waals surface area contributed by atoms with Crippen molar-refractivity contribution < 1.29 is 14.3 Å². The number of halogens is 1. The number of methoxy groups -OCH3 is 2. The number of carbonyl (C=O) groups is 1. The zero-order valence-electron chi connectivity index (χ0n) is 17.6. The summed E-state index contributed by atoms with van der Waals surface area (Å²) in [7, 11) is 3.16. The molecule has 0 aliphatic rings. The van der Waals surface area contributed by atoms with E-state index in [2.05, 4.69) is 28.3 Å². The van der Waals surface area contributed by atoms with Crippen molar-refractivity contribution in [3.63, 3.8) is 0 Å². The SMILES string of the molecule is COc1ccc(CC(=O)Nc2cccc(-c3nc4ccc(C)cc4[nH]3)c2)cc1OC.Cl. The number of rotatable bonds is 6. The number of nitrogens with zero attached hydrogens (tertiary/aromatic N) is 1. The fourth-order valence-corrected chi connectivity index (χ4v) is 3.39. The molecular formula is C24H24ClN3O3. The number of nitrogens with one attached hydrogen (secondary N) is 2. The minimum atomic E-state index is -0.111. The van der Waals surface area contributed by atoms with Crippen LogP contribution in [0.1, 0.15) is 11.1 Å². The molecule has 0 saturated heterocycles. The van der Waals surface area contributed by atoms with Crippen LogP contribution in [0.25, 0.3) is 22.4 Å². The number of aromatic nitrogens is 2. The van der Waals surface area contributed by atoms with Crippen molar-refractivity contribution in [2.24, 2.45) is 0 Å². The third-order valence-electron chi connectivity index (χ3n) is 4.87. The second-order valence-electron chi connectivity index (χ2n) is 7.10. The minimum Gasteiger partial charge on any atom is -0.493 e. The first-order chi connectivity index (χ1) is 14.6. The van der Waals surface area contributed by atoms with Crippen molar-refractivity contribution in [1.29, 1.82) is 0 Å². The van der Waals surface area contributed by atoms with Crippen LogP contribution in [0.2, 0.25) is 0 Å². The van der Waals surface area contributed by atoms with Crippen molar-refractivity contribution in [3.05, 3.63) is 71.8 Å². The van der Waals surface area contributed by atoms with Gasteiger partial charge in [0, 0.05) is 11.3 Å². The highest BCUT2D eigenvalue weighted by Gasteiger charge is 2.10. The molecule has 1 amide bonds. The van der Waals surface area contributed by atoms with E-state index in [9.17, 15) is 4.79 Å². The Balaban J connectivity index is 0.00000272. The highest BCUT2D eigenvalue weighted by molar-refractivity contribution is 5.93. The third kappa shape index (κ3) is 4.98. The topological polar surface area (TPSA) is 76.2 Å². The first-order valence-electron chi connectivity index (χ1n) is 9.63. The maximum Gasteiger partial charge on any atom is 0.228 e. The average Bonchev–Trinajstić information content (AvgIpc) is 3.17. The van der Waals surface area contributed by atoms with Crippen LogP contribution in [0.15, 0.2) is 60.7 Å². The largest absolute Gasteiger partial charge is 0.493 e. The van der Waals surface area contributed by atoms with Gasteiger partial charge in [-0.3, -0.25) is 4.79 Å². The summed E-state index contributed by atoms with van der Waals surface area (Å²) < 4.78 is 10.5. The van der Waals surface area contributed by atoms with E-state index in [1.54, 1.807) is 20.3 Å². The van der Waals surface area contributed by atoms with Gasteiger partial charge in [-0.2, -0.15) is 0 Å². The van der Waals surface area contributed by atoms with E-state index in [0.717, 1.165) is 33.7 Å². The highest BCUT2D eigenvalue weighted by atomic mass is 35.5. The normalized spacial score (nSPS) is 10.4. The van der Waals surface area contributed by atoms with Crippen LogP contribution in [0.3, 0.4) is 0 Å². The molecule has 31 heavy (non-hydrogen) atoms. The quantitative estimate of drug-likeness (QED) is 0.437. The van der Waals surface area contributed by atoms with Crippen molar-refractivity contribution in [2.75, 3.05) is 19.5 Å². The van der Waals surface area contributed by atoms with Gasteiger partial charge in [0.05, 0.1) is 31.7 Å². The number of imidazole rings is 1. The van der Waals surface area contributed by atoms with Gasteiger partial charge in [-0.05, 0) is 54.4 Å². The van der Waals surface area contributed by atoms with Gasteiger partial charge in [0.25, 0.3) is 0 Å².